The minimum absolute atomic E-state index is 0.0430. The van der Waals surface area contributed by atoms with Gasteiger partial charge in [-0.15, -0.1) is 0 Å². The SMILES string of the molecule is CC(C(=O)NC1CCCCC1)N(CCO)Cc1cccnc1. The van der Waals surface area contributed by atoms with E-state index in [9.17, 15) is 9.90 Å². The van der Waals surface area contributed by atoms with E-state index in [0.717, 1.165) is 18.4 Å². The topological polar surface area (TPSA) is 65.5 Å². The number of hydrogen-bond donors (Lipinski definition) is 2. The van der Waals surface area contributed by atoms with Crippen molar-refractivity contribution in [3.8, 4) is 0 Å². The minimum Gasteiger partial charge on any atom is -0.395 e. The fourth-order valence-corrected chi connectivity index (χ4v) is 3.00. The third kappa shape index (κ3) is 5.07. The number of carbonyl (C=O) groups excluding carboxylic acids is 1. The van der Waals surface area contributed by atoms with Gasteiger partial charge in [0.1, 0.15) is 0 Å². The number of nitrogens with one attached hydrogen (secondary N) is 1. The van der Waals surface area contributed by atoms with Crippen LogP contribution in [0.1, 0.15) is 44.6 Å². The molecule has 5 heteroatoms. The molecule has 1 aliphatic carbocycles. The molecule has 0 saturated heterocycles. The number of hydrogen-bond acceptors (Lipinski definition) is 4. The van der Waals surface area contributed by atoms with Gasteiger partial charge in [0.15, 0.2) is 0 Å². The molecule has 2 N–H and O–H groups in total. The number of aromatic nitrogens is 1. The van der Waals surface area contributed by atoms with Crippen molar-refractivity contribution in [2.45, 2.75) is 57.7 Å². The Bertz CT molecular complexity index is 446. The Morgan fingerprint density at radius 3 is 2.86 bits per heavy atom. The van der Waals surface area contributed by atoms with Gasteiger partial charge in [-0.3, -0.25) is 14.7 Å². The van der Waals surface area contributed by atoms with Crippen molar-refractivity contribution in [2.75, 3.05) is 13.2 Å². The van der Waals surface area contributed by atoms with Gasteiger partial charge in [0.25, 0.3) is 0 Å². The van der Waals surface area contributed by atoms with Crippen LogP contribution in [0.2, 0.25) is 0 Å². The predicted molar refractivity (Wildman–Crippen MR) is 86.2 cm³/mol. The minimum atomic E-state index is -0.255. The standard InChI is InChI=1S/C17H27N3O2/c1-14(17(22)19-16-7-3-2-4-8-16)20(10-11-21)13-15-6-5-9-18-12-15/h5-6,9,12,14,16,21H,2-4,7-8,10-11,13H2,1H3,(H,19,22). The fourth-order valence-electron chi connectivity index (χ4n) is 3.00. The molecule has 1 atom stereocenters. The molecule has 122 valence electrons. The van der Waals surface area contributed by atoms with Crippen LogP contribution < -0.4 is 5.32 Å². The average Bonchev–Trinajstić information content (AvgIpc) is 2.55. The Kier molecular flexibility index (Phi) is 6.80. The van der Waals surface area contributed by atoms with Crippen LogP contribution >= 0.6 is 0 Å². The lowest BCUT2D eigenvalue weighted by molar-refractivity contribution is -0.127. The molecule has 1 saturated carbocycles. The zero-order chi connectivity index (χ0) is 15.8. The molecule has 0 radical (unpaired) electrons. The Balaban J connectivity index is 1.92. The number of aliphatic hydroxyl groups excluding tert-OH is 1. The number of rotatable bonds is 7. The number of nitrogens with zero attached hydrogens (tertiary/aromatic N) is 2. The predicted octanol–water partition coefficient (Wildman–Crippen LogP) is 1.71. The first-order valence-electron chi connectivity index (χ1n) is 8.25. The first-order valence-corrected chi connectivity index (χ1v) is 8.25. The van der Waals surface area contributed by atoms with E-state index in [1.54, 1.807) is 12.4 Å². The fraction of sp³-hybridized carbons (Fsp3) is 0.647. The molecule has 1 amide bonds. The Morgan fingerprint density at radius 1 is 1.45 bits per heavy atom. The summed E-state index contributed by atoms with van der Waals surface area (Å²) in [6.45, 7) is 3.05. The molecule has 22 heavy (non-hydrogen) atoms. The van der Waals surface area contributed by atoms with Crippen molar-refractivity contribution in [2.24, 2.45) is 0 Å². The average molecular weight is 305 g/mol. The Morgan fingerprint density at radius 2 is 2.23 bits per heavy atom. The van der Waals surface area contributed by atoms with Gasteiger partial charge in [0, 0.05) is 31.5 Å². The molecule has 2 rings (SSSR count). The number of carbonyl (C=O) groups is 1. The highest BCUT2D eigenvalue weighted by Gasteiger charge is 2.24. The normalized spacial score (nSPS) is 17.4. The van der Waals surface area contributed by atoms with Gasteiger partial charge in [0.05, 0.1) is 12.6 Å². The van der Waals surface area contributed by atoms with Crippen LogP contribution in [0.5, 0.6) is 0 Å². The molecular formula is C17H27N3O2. The van der Waals surface area contributed by atoms with E-state index in [1.165, 1.54) is 19.3 Å². The van der Waals surface area contributed by atoms with E-state index < -0.39 is 0 Å². The van der Waals surface area contributed by atoms with Crippen LogP contribution in [-0.4, -0.2) is 46.1 Å². The van der Waals surface area contributed by atoms with Gasteiger partial charge < -0.3 is 10.4 Å². The first kappa shape index (κ1) is 16.9. The molecular weight excluding hydrogens is 278 g/mol. The summed E-state index contributed by atoms with van der Waals surface area (Å²) in [5.41, 5.74) is 1.05. The van der Waals surface area contributed by atoms with Crippen LogP contribution in [0.4, 0.5) is 0 Å². The lowest BCUT2D eigenvalue weighted by atomic mass is 9.95. The molecule has 0 spiro atoms. The summed E-state index contributed by atoms with van der Waals surface area (Å²) >= 11 is 0. The van der Waals surface area contributed by atoms with Crippen molar-refractivity contribution in [1.29, 1.82) is 0 Å². The van der Waals surface area contributed by atoms with Crippen molar-refractivity contribution in [3.05, 3.63) is 30.1 Å². The molecule has 0 aromatic carbocycles. The summed E-state index contributed by atoms with van der Waals surface area (Å²) < 4.78 is 0. The van der Waals surface area contributed by atoms with Gasteiger partial charge in [0.2, 0.25) is 5.91 Å². The molecule has 1 fully saturated rings. The lowest BCUT2D eigenvalue weighted by Crippen LogP contribution is -2.49. The smallest absolute Gasteiger partial charge is 0.237 e. The quantitative estimate of drug-likeness (QED) is 0.805. The molecule has 1 unspecified atom stereocenters. The monoisotopic (exact) mass is 305 g/mol. The summed E-state index contributed by atoms with van der Waals surface area (Å²) in [6, 6.07) is 3.94. The maximum atomic E-state index is 12.5. The van der Waals surface area contributed by atoms with Gasteiger partial charge in [-0.1, -0.05) is 25.3 Å². The lowest BCUT2D eigenvalue weighted by Gasteiger charge is -2.30. The van der Waals surface area contributed by atoms with E-state index in [2.05, 4.69) is 10.3 Å². The van der Waals surface area contributed by atoms with Gasteiger partial charge in [-0.25, -0.2) is 0 Å². The van der Waals surface area contributed by atoms with Gasteiger partial charge in [-0.05, 0) is 31.4 Å². The van der Waals surface area contributed by atoms with Crippen molar-refractivity contribution in [3.63, 3.8) is 0 Å². The van der Waals surface area contributed by atoms with Gasteiger partial charge in [-0.2, -0.15) is 0 Å². The van der Waals surface area contributed by atoms with Crippen LogP contribution in [-0.2, 0) is 11.3 Å². The van der Waals surface area contributed by atoms with Crippen molar-refractivity contribution < 1.29 is 9.90 Å². The zero-order valence-electron chi connectivity index (χ0n) is 13.4. The van der Waals surface area contributed by atoms with E-state index in [1.807, 2.05) is 24.0 Å². The summed E-state index contributed by atoms with van der Waals surface area (Å²) in [4.78, 5) is 18.6. The molecule has 1 aliphatic rings. The van der Waals surface area contributed by atoms with Crippen molar-refractivity contribution in [1.82, 2.24) is 15.2 Å². The second-order valence-electron chi connectivity index (χ2n) is 6.07. The van der Waals surface area contributed by atoms with Crippen LogP contribution in [0.15, 0.2) is 24.5 Å². The molecule has 5 nitrogen and oxygen atoms in total. The third-order valence-corrected chi connectivity index (χ3v) is 4.37. The largest absolute Gasteiger partial charge is 0.395 e. The maximum absolute atomic E-state index is 12.5. The van der Waals surface area contributed by atoms with Crippen LogP contribution in [0.25, 0.3) is 0 Å². The second kappa shape index (κ2) is 8.86. The van der Waals surface area contributed by atoms with Crippen LogP contribution in [0, 0.1) is 0 Å². The second-order valence-corrected chi connectivity index (χ2v) is 6.07. The van der Waals surface area contributed by atoms with Gasteiger partial charge >= 0.3 is 0 Å². The summed E-state index contributed by atoms with van der Waals surface area (Å²) in [6.07, 6.45) is 9.39. The maximum Gasteiger partial charge on any atom is 0.237 e. The zero-order valence-corrected chi connectivity index (χ0v) is 13.4. The van der Waals surface area contributed by atoms with E-state index in [-0.39, 0.29) is 18.6 Å². The first-order chi connectivity index (χ1) is 10.7. The molecule has 1 aromatic heterocycles. The number of aliphatic hydroxyl groups is 1. The summed E-state index contributed by atoms with van der Waals surface area (Å²) in [5.74, 6) is 0.0595. The molecule has 1 heterocycles. The Labute approximate surface area is 132 Å². The van der Waals surface area contributed by atoms with Crippen molar-refractivity contribution >= 4 is 5.91 Å². The summed E-state index contributed by atoms with van der Waals surface area (Å²) in [5, 5.41) is 12.4. The van der Waals surface area contributed by atoms with Crippen LogP contribution in [0.3, 0.4) is 0 Å². The van der Waals surface area contributed by atoms with E-state index in [0.29, 0.717) is 19.1 Å². The van der Waals surface area contributed by atoms with E-state index >= 15 is 0 Å². The highest BCUT2D eigenvalue weighted by atomic mass is 16.3. The molecule has 0 bridgehead atoms. The van der Waals surface area contributed by atoms with E-state index in [4.69, 9.17) is 0 Å². The highest BCUT2D eigenvalue weighted by molar-refractivity contribution is 5.81. The Hall–Kier alpha value is -1.46. The number of pyridine rings is 1. The third-order valence-electron chi connectivity index (χ3n) is 4.37. The highest BCUT2D eigenvalue weighted by Crippen LogP contribution is 2.18. The molecule has 1 aromatic rings. The number of amides is 1. The summed E-state index contributed by atoms with van der Waals surface area (Å²) in [7, 11) is 0. The molecule has 0 aliphatic heterocycles.